The van der Waals surface area contributed by atoms with Crippen LogP contribution in [-0.4, -0.2) is 41.1 Å². The summed E-state index contributed by atoms with van der Waals surface area (Å²) in [5.41, 5.74) is 0.138. The first-order valence-corrected chi connectivity index (χ1v) is 5.08. The fourth-order valence-corrected chi connectivity index (χ4v) is 2.16. The summed E-state index contributed by atoms with van der Waals surface area (Å²) in [4.78, 5) is 24.6. The molecule has 0 aromatic heterocycles. The van der Waals surface area contributed by atoms with Gasteiger partial charge in [0.25, 0.3) is 5.91 Å². The van der Waals surface area contributed by atoms with Crippen LogP contribution in [0.1, 0.15) is 19.8 Å². The summed E-state index contributed by atoms with van der Waals surface area (Å²) in [5, 5.41) is 9.55. The molecule has 0 spiro atoms. The number of carbonyl (C=O) groups excluding carboxylic acids is 2. The number of hydrogen-bond donors (Lipinski definition) is 1. The lowest BCUT2D eigenvalue weighted by atomic mass is 10.1. The normalized spacial score (nSPS) is 24.7. The lowest BCUT2D eigenvalue weighted by Gasteiger charge is -2.16. The fourth-order valence-electron chi connectivity index (χ4n) is 2.16. The summed E-state index contributed by atoms with van der Waals surface area (Å²) in [6.45, 7) is 2.55. The van der Waals surface area contributed by atoms with Crippen molar-refractivity contribution in [1.29, 1.82) is 0 Å². The Balaban J connectivity index is 2.28. The molecule has 0 aromatic rings. The van der Waals surface area contributed by atoms with Crippen molar-refractivity contribution in [2.75, 3.05) is 13.2 Å². The number of nitrogens with zero attached hydrogens (tertiary/aromatic N) is 1. The number of ether oxygens (including phenoxy) is 1. The van der Waals surface area contributed by atoms with Crippen LogP contribution in [0.4, 0.5) is 0 Å². The Kier molecular flexibility index (Phi) is 2.38. The van der Waals surface area contributed by atoms with Gasteiger partial charge in [-0.1, -0.05) is 0 Å². The molecule has 1 fully saturated rings. The van der Waals surface area contributed by atoms with Crippen LogP contribution in [0.25, 0.3) is 0 Å². The maximum absolute atomic E-state index is 11.5. The molecule has 15 heavy (non-hydrogen) atoms. The van der Waals surface area contributed by atoms with Crippen molar-refractivity contribution in [3.63, 3.8) is 0 Å². The molecule has 0 saturated carbocycles. The molecule has 2 rings (SSSR count). The highest BCUT2D eigenvalue weighted by atomic mass is 16.5. The van der Waals surface area contributed by atoms with Crippen LogP contribution in [0, 0.1) is 0 Å². The highest BCUT2D eigenvalue weighted by molar-refractivity contribution is 6.06. The smallest absolute Gasteiger partial charge is 0.340 e. The first-order chi connectivity index (χ1) is 7.16. The first-order valence-electron chi connectivity index (χ1n) is 5.08. The van der Waals surface area contributed by atoms with Crippen molar-refractivity contribution < 1.29 is 19.4 Å². The van der Waals surface area contributed by atoms with Crippen molar-refractivity contribution in [1.82, 2.24) is 4.90 Å². The van der Waals surface area contributed by atoms with E-state index in [0.29, 0.717) is 6.54 Å². The topological polar surface area (TPSA) is 66.8 Å². The van der Waals surface area contributed by atoms with Crippen molar-refractivity contribution >= 4 is 11.9 Å². The van der Waals surface area contributed by atoms with E-state index in [1.54, 1.807) is 6.92 Å². The van der Waals surface area contributed by atoms with Gasteiger partial charge in [0.05, 0.1) is 12.6 Å². The van der Waals surface area contributed by atoms with Crippen LogP contribution < -0.4 is 0 Å². The molecule has 0 aliphatic carbocycles. The van der Waals surface area contributed by atoms with E-state index in [1.165, 1.54) is 4.90 Å². The van der Waals surface area contributed by atoms with Gasteiger partial charge in [-0.3, -0.25) is 4.79 Å². The zero-order chi connectivity index (χ0) is 11.0. The Hall–Kier alpha value is -1.52. The van der Waals surface area contributed by atoms with Gasteiger partial charge in [-0.25, -0.2) is 4.79 Å². The molecule has 82 valence electrons. The predicted molar refractivity (Wildman–Crippen MR) is 51.0 cm³/mol. The maximum Gasteiger partial charge on any atom is 0.340 e. The SMILES string of the molecule is CCOC(=O)C1=C(O)C(=O)N2CCCC12. The summed E-state index contributed by atoms with van der Waals surface area (Å²) >= 11 is 0. The molecular formula is C10H13NO4. The van der Waals surface area contributed by atoms with E-state index in [-0.39, 0.29) is 18.2 Å². The van der Waals surface area contributed by atoms with Crippen LogP contribution in [0.2, 0.25) is 0 Å². The van der Waals surface area contributed by atoms with Crippen LogP contribution >= 0.6 is 0 Å². The number of rotatable bonds is 2. The zero-order valence-electron chi connectivity index (χ0n) is 8.52. The Morgan fingerprint density at radius 3 is 3.07 bits per heavy atom. The molecule has 1 unspecified atom stereocenters. The second-order valence-corrected chi connectivity index (χ2v) is 3.64. The van der Waals surface area contributed by atoms with Gasteiger partial charge in [-0.05, 0) is 19.8 Å². The van der Waals surface area contributed by atoms with Gasteiger partial charge in [0, 0.05) is 6.54 Å². The van der Waals surface area contributed by atoms with E-state index in [9.17, 15) is 14.7 Å². The lowest BCUT2D eigenvalue weighted by molar-refractivity contribution is -0.139. The molecule has 0 radical (unpaired) electrons. The van der Waals surface area contributed by atoms with E-state index in [0.717, 1.165) is 12.8 Å². The minimum atomic E-state index is -0.572. The minimum Gasteiger partial charge on any atom is -0.503 e. The predicted octanol–water partition coefficient (Wildman–Crippen LogP) is 0.366. The largest absolute Gasteiger partial charge is 0.503 e. The van der Waals surface area contributed by atoms with E-state index in [1.807, 2.05) is 0 Å². The number of aliphatic hydroxyl groups excluding tert-OH is 1. The standard InChI is InChI=1S/C10H13NO4/c1-2-15-10(14)7-6-4-3-5-11(6)9(13)8(7)12/h6,12H,2-5H2,1H3. The van der Waals surface area contributed by atoms with Crippen LogP contribution in [-0.2, 0) is 14.3 Å². The summed E-state index contributed by atoms with van der Waals surface area (Å²) in [6, 6.07) is -0.267. The molecule has 5 nitrogen and oxygen atoms in total. The van der Waals surface area contributed by atoms with Gasteiger partial charge >= 0.3 is 5.97 Å². The highest BCUT2D eigenvalue weighted by Crippen LogP contribution is 2.33. The number of esters is 1. The third kappa shape index (κ3) is 1.38. The molecule has 1 amide bonds. The second-order valence-electron chi connectivity index (χ2n) is 3.64. The van der Waals surface area contributed by atoms with Gasteiger partial charge in [0.15, 0.2) is 5.76 Å². The molecule has 1 saturated heterocycles. The number of aliphatic hydroxyl groups is 1. The molecule has 2 aliphatic rings. The number of carbonyl (C=O) groups is 2. The van der Waals surface area contributed by atoms with Gasteiger partial charge in [0.2, 0.25) is 0 Å². The summed E-state index contributed by atoms with van der Waals surface area (Å²) in [7, 11) is 0. The molecular weight excluding hydrogens is 198 g/mol. The maximum atomic E-state index is 11.5. The third-order valence-electron chi connectivity index (χ3n) is 2.80. The van der Waals surface area contributed by atoms with E-state index in [2.05, 4.69) is 0 Å². The highest BCUT2D eigenvalue weighted by Gasteiger charge is 2.45. The third-order valence-corrected chi connectivity index (χ3v) is 2.80. The van der Waals surface area contributed by atoms with Crippen molar-refractivity contribution in [3.05, 3.63) is 11.3 Å². The second kappa shape index (κ2) is 3.56. The number of fused-ring (bicyclic) bond motifs is 1. The Morgan fingerprint density at radius 2 is 2.40 bits per heavy atom. The molecule has 1 atom stereocenters. The van der Waals surface area contributed by atoms with Crippen LogP contribution in [0.5, 0.6) is 0 Å². The molecule has 5 heteroatoms. The molecule has 0 aromatic carbocycles. The van der Waals surface area contributed by atoms with Crippen molar-refractivity contribution in [2.24, 2.45) is 0 Å². The summed E-state index contributed by atoms with van der Waals surface area (Å²) in [6.07, 6.45) is 1.59. The van der Waals surface area contributed by atoms with Crippen LogP contribution in [0.3, 0.4) is 0 Å². The Labute approximate surface area is 87.3 Å². The quantitative estimate of drug-likeness (QED) is 0.670. The van der Waals surface area contributed by atoms with Gasteiger partial charge in [-0.15, -0.1) is 0 Å². The minimum absolute atomic E-state index is 0.138. The average Bonchev–Trinajstić information content (AvgIpc) is 2.73. The lowest BCUT2D eigenvalue weighted by Crippen LogP contribution is -2.31. The van der Waals surface area contributed by atoms with Crippen molar-refractivity contribution in [2.45, 2.75) is 25.8 Å². The molecule has 1 N–H and O–H groups in total. The van der Waals surface area contributed by atoms with Crippen molar-refractivity contribution in [3.8, 4) is 0 Å². The monoisotopic (exact) mass is 211 g/mol. The van der Waals surface area contributed by atoms with E-state index in [4.69, 9.17) is 4.74 Å². The number of hydrogen-bond acceptors (Lipinski definition) is 4. The van der Waals surface area contributed by atoms with E-state index < -0.39 is 17.6 Å². The van der Waals surface area contributed by atoms with Gasteiger partial charge in [-0.2, -0.15) is 0 Å². The molecule has 2 heterocycles. The van der Waals surface area contributed by atoms with E-state index >= 15 is 0 Å². The Morgan fingerprint density at radius 1 is 1.67 bits per heavy atom. The fraction of sp³-hybridized carbons (Fsp3) is 0.600. The summed E-state index contributed by atoms with van der Waals surface area (Å²) in [5.74, 6) is -1.45. The van der Waals surface area contributed by atoms with Gasteiger partial charge in [0.1, 0.15) is 5.57 Å². The van der Waals surface area contributed by atoms with Gasteiger partial charge < -0.3 is 14.7 Å². The summed E-state index contributed by atoms with van der Waals surface area (Å²) < 4.78 is 4.82. The molecule has 0 bridgehead atoms. The number of amides is 1. The Bertz CT molecular complexity index is 347. The molecule has 2 aliphatic heterocycles. The van der Waals surface area contributed by atoms with Crippen LogP contribution in [0.15, 0.2) is 11.3 Å². The zero-order valence-corrected chi connectivity index (χ0v) is 8.52. The first kappa shape index (κ1) is 10.0. The average molecular weight is 211 g/mol.